The summed E-state index contributed by atoms with van der Waals surface area (Å²) in [5.74, 6) is 0.169. The standard InChI is InChI=1S/C23H36N2O6/c1-11(23(27)28)31-12-4-6-16-15(10-12)13-8-9-24-19-14-5-7-17(29-2)21(30-3)18(14)22(26)25(16)20(13)19/h11-21,24H,4-10H2,1-3H3,(H,27,28)/t11-,12?,13?,14?,15?,16?,17?,18?,19?,20?,21?/m0/s1. The molecule has 0 spiro atoms. The molecule has 3 saturated heterocycles. The van der Waals surface area contributed by atoms with E-state index in [0.29, 0.717) is 23.8 Å². The lowest BCUT2D eigenvalue weighted by molar-refractivity contribution is -0.713. The van der Waals surface area contributed by atoms with E-state index in [1.807, 2.05) is 0 Å². The van der Waals surface area contributed by atoms with Crippen molar-refractivity contribution in [2.24, 2.45) is 23.7 Å². The van der Waals surface area contributed by atoms with E-state index in [4.69, 9.17) is 14.2 Å². The number of carboxylic acids is 1. The van der Waals surface area contributed by atoms with Gasteiger partial charge in [0.15, 0.2) is 0 Å². The Balaban J connectivity index is 1.42. The highest BCUT2D eigenvalue weighted by Gasteiger charge is 2.66. The summed E-state index contributed by atoms with van der Waals surface area (Å²) in [5.41, 5.74) is 0. The Kier molecular flexibility index (Phi) is 5.78. The Morgan fingerprint density at radius 2 is 1.90 bits per heavy atom. The molecule has 5 fully saturated rings. The number of piperidine rings is 2. The summed E-state index contributed by atoms with van der Waals surface area (Å²) in [5, 5.41) is 13.6. The maximum atomic E-state index is 14.0. The highest BCUT2D eigenvalue weighted by molar-refractivity contribution is 5.82. The number of amides is 1. The minimum Gasteiger partial charge on any atom is -0.547 e. The largest absolute Gasteiger partial charge is 0.547 e. The lowest BCUT2D eigenvalue weighted by Gasteiger charge is -2.53. The van der Waals surface area contributed by atoms with Gasteiger partial charge < -0.3 is 34.3 Å². The van der Waals surface area contributed by atoms with Crippen molar-refractivity contribution in [2.45, 2.75) is 88.0 Å². The maximum absolute atomic E-state index is 14.0. The van der Waals surface area contributed by atoms with Crippen LogP contribution in [-0.4, -0.2) is 80.1 Å². The number of carboxylic acid groups (broad SMARTS) is 1. The topological polar surface area (TPSA) is 105 Å². The molecule has 1 amide bonds. The van der Waals surface area contributed by atoms with Crippen molar-refractivity contribution in [1.29, 1.82) is 0 Å². The smallest absolute Gasteiger partial charge is 0.229 e. The monoisotopic (exact) mass is 436 g/mol. The van der Waals surface area contributed by atoms with Gasteiger partial charge in [0.05, 0.1) is 48.9 Å². The number of aliphatic carboxylic acids is 1. The van der Waals surface area contributed by atoms with Crippen LogP contribution in [-0.2, 0) is 23.8 Å². The second-order valence-corrected chi connectivity index (χ2v) is 10.3. The number of nitrogens with two attached hydrogens (primary N) is 1. The van der Waals surface area contributed by atoms with Gasteiger partial charge in [0.1, 0.15) is 6.04 Å². The molecule has 174 valence electrons. The first kappa shape index (κ1) is 21.6. The molecule has 2 aliphatic carbocycles. The summed E-state index contributed by atoms with van der Waals surface area (Å²) in [6, 6.07) is 0.936. The summed E-state index contributed by atoms with van der Waals surface area (Å²) in [6.07, 6.45) is 4.39. The molecule has 5 rings (SSSR count). The summed E-state index contributed by atoms with van der Waals surface area (Å²) in [6.45, 7) is 2.64. The van der Waals surface area contributed by atoms with Crippen LogP contribution < -0.4 is 10.4 Å². The van der Waals surface area contributed by atoms with Crippen LogP contribution in [0.15, 0.2) is 0 Å². The van der Waals surface area contributed by atoms with Gasteiger partial charge in [-0.25, -0.2) is 0 Å². The summed E-state index contributed by atoms with van der Waals surface area (Å²) in [7, 11) is 3.43. The molecule has 10 unspecified atom stereocenters. The number of rotatable bonds is 5. The van der Waals surface area contributed by atoms with Crippen molar-refractivity contribution in [3.05, 3.63) is 0 Å². The number of methoxy groups -OCH3 is 2. The normalized spacial score (nSPS) is 47.3. The van der Waals surface area contributed by atoms with Crippen LogP contribution in [0, 0.1) is 23.7 Å². The van der Waals surface area contributed by atoms with Crippen molar-refractivity contribution in [1.82, 2.24) is 4.90 Å². The van der Waals surface area contributed by atoms with E-state index in [1.54, 1.807) is 21.1 Å². The predicted molar refractivity (Wildman–Crippen MR) is 108 cm³/mol. The Labute approximate surface area is 184 Å². The zero-order chi connectivity index (χ0) is 21.9. The van der Waals surface area contributed by atoms with Gasteiger partial charge >= 0.3 is 0 Å². The molecule has 3 aliphatic heterocycles. The minimum atomic E-state index is -1.16. The molecule has 11 atom stereocenters. The quantitative estimate of drug-likeness (QED) is 0.587. The fourth-order valence-corrected chi connectivity index (χ4v) is 7.97. The number of carbonyl (C=O) groups excluding carboxylic acids is 2. The molecule has 2 saturated carbocycles. The lowest BCUT2D eigenvalue weighted by Crippen LogP contribution is -2.99. The maximum Gasteiger partial charge on any atom is 0.229 e. The second-order valence-electron chi connectivity index (χ2n) is 10.3. The van der Waals surface area contributed by atoms with Gasteiger partial charge in [-0.15, -0.1) is 0 Å². The molecule has 0 aromatic heterocycles. The fraction of sp³-hybridized carbons (Fsp3) is 0.913. The molecule has 0 aromatic rings. The predicted octanol–water partition coefficient (Wildman–Crippen LogP) is -1.09. The van der Waals surface area contributed by atoms with Crippen LogP contribution in [0.4, 0.5) is 0 Å². The Hall–Kier alpha value is -1.22. The van der Waals surface area contributed by atoms with Gasteiger partial charge in [-0.2, -0.15) is 0 Å². The van der Waals surface area contributed by atoms with Crippen LogP contribution >= 0.6 is 0 Å². The molecule has 0 aromatic carbocycles. The number of quaternary nitrogens is 1. The van der Waals surface area contributed by atoms with Gasteiger partial charge in [-0.05, 0) is 50.9 Å². The van der Waals surface area contributed by atoms with Gasteiger partial charge in [-0.3, -0.25) is 4.79 Å². The first-order valence-corrected chi connectivity index (χ1v) is 12.0. The van der Waals surface area contributed by atoms with Crippen LogP contribution in [0.5, 0.6) is 0 Å². The van der Waals surface area contributed by atoms with E-state index in [0.717, 1.165) is 45.1 Å². The van der Waals surface area contributed by atoms with E-state index < -0.39 is 12.1 Å². The van der Waals surface area contributed by atoms with Crippen molar-refractivity contribution >= 4 is 11.9 Å². The fourth-order valence-electron chi connectivity index (χ4n) is 7.97. The zero-order valence-corrected chi connectivity index (χ0v) is 18.8. The molecule has 31 heavy (non-hydrogen) atoms. The number of hydrogen-bond donors (Lipinski definition) is 1. The van der Waals surface area contributed by atoms with Crippen molar-refractivity contribution in [3.8, 4) is 0 Å². The van der Waals surface area contributed by atoms with E-state index in [9.17, 15) is 14.7 Å². The SMILES string of the molecule is COC1CCC2C3[NH2+]CCC4C5CC(O[C@@H](C)C(=O)[O-])CCC5N(C(=O)C2C1OC)C43. The molecular formula is C23H36N2O6. The summed E-state index contributed by atoms with van der Waals surface area (Å²) < 4.78 is 17.4. The van der Waals surface area contributed by atoms with Crippen molar-refractivity contribution in [3.63, 3.8) is 0 Å². The molecular weight excluding hydrogens is 400 g/mol. The van der Waals surface area contributed by atoms with Gasteiger partial charge in [-0.1, -0.05) is 0 Å². The van der Waals surface area contributed by atoms with Crippen LogP contribution in [0.25, 0.3) is 0 Å². The first-order valence-electron chi connectivity index (χ1n) is 12.0. The third-order valence-corrected chi connectivity index (χ3v) is 9.12. The highest BCUT2D eigenvalue weighted by atomic mass is 16.5. The first-order chi connectivity index (χ1) is 15.0. The molecule has 3 heterocycles. The van der Waals surface area contributed by atoms with Crippen LogP contribution in [0.2, 0.25) is 0 Å². The van der Waals surface area contributed by atoms with Crippen LogP contribution in [0.1, 0.15) is 45.4 Å². The Morgan fingerprint density at radius 1 is 1.10 bits per heavy atom. The van der Waals surface area contributed by atoms with E-state index in [1.165, 1.54) is 0 Å². The molecule has 0 bridgehead atoms. The molecule has 5 aliphatic rings. The van der Waals surface area contributed by atoms with E-state index >= 15 is 0 Å². The Morgan fingerprint density at radius 3 is 2.61 bits per heavy atom. The third kappa shape index (κ3) is 3.33. The van der Waals surface area contributed by atoms with Crippen LogP contribution in [0.3, 0.4) is 0 Å². The average molecular weight is 437 g/mol. The molecule has 8 nitrogen and oxygen atoms in total. The minimum absolute atomic E-state index is 0.0280. The number of fused-ring (bicyclic) bond motifs is 5. The number of hydrogen-bond acceptors (Lipinski definition) is 6. The molecule has 2 N–H and O–H groups in total. The third-order valence-electron chi connectivity index (χ3n) is 9.12. The second kappa shape index (κ2) is 8.28. The van der Waals surface area contributed by atoms with Gasteiger partial charge in [0, 0.05) is 32.6 Å². The van der Waals surface area contributed by atoms with E-state index in [2.05, 4.69) is 10.2 Å². The summed E-state index contributed by atoms with van der Waals surface area (Å²) >= 11 is 0. The zero-order valence-electron chi connectivity index (χ0n) is 18.8. The van der Waals surface area contributed by atoms with Crippen molar-refractivity contribution in [2.75, 3.05) is 20.8 Å². The Bertz CT molecular complexity index is 718. The van der Waals surface area contributed by atoms with Crippen molar-refractivity contribution < 1.29 is 34.2 Å². The van der Waals surface area contributed by atoms with E-state index in [-0.39, 0.29) is 42.2 Å². The van der Waals surface area contributed by atoms with Gasteiger partial charge in [0.2, 0.25) is 5.91 Å². The number of carbonyl (C=O) groups is 2. The highest BCUT2D eigenvalue weighted by Crippen LogP contribution is 2.53. The number of nitrogens with zero attached hydrogens (tertiary/aromatic N) is 1. The molecule has 0 radical (unpaired) electrons. The molecule has 8 heteroatoms. The number of ether oxygens (including phenoxy) is 3. The summed E-state index contributed by atoms with van der Waals surface area (Å²) in [4.78, 5) is 27.4. The van der Waals surface area contributed by atoms with Gasteiger partial charge in [0.25, 0.3) is 0 Å². The lowest BCUT2D eigenvalue weighted by atomic mass is 9.64. The average Bonchev–Trinajstić information content (AvgIpc) is 3.11.